The molecule has 4 unspecified atom stereocenters. The molecule has 0 spiro atoms. The Bertz CT molecular complexity index is 247. The molecule has 1 radical (unpaired) electrons. The third-order valence-corrected chi connectivity index (χ3v) is 4.29. The van der Waals surface area contributed by atoms with Crippen molar-refractivity contribution in [3.05, 3.63) is 6.42 Å². The molecular weight excluding hydrogens is 168 g/mol. The second-order valence-corrected chi connectivity index (χ2v) is 5.48. The van der Waals surface area contributed by atoms with Crippen LogP contribution < -0.4 is 0 Å². The van der Waals surface area contributed by atoms with E-state index in [4.69, 9.17) is 6.42 Å². The van der Waals surface area contributed by atoms with Crippen molar-refractivity contribution >= 4 is 0 Å². The lowest BCUT2D eigenvalue weighted by Gasteiger charge is -2.47. The van der Waals surface area contributed by atoms with Crippen molar-refractivity contribution in [2.45, 2.75) is 46.0 Å². The highest BCUT2D eigenvalue weighted by atomic mass is 14.5. The maximum atomic E-state index is 5.78. The Kier molecular flexibility index (Phi) is 2.60. The minimum Gasteiger partial charge on any atom is -0.119 e. The van der Waals surface area contributed by atoms with Crippen LogP contribution in [0.3, 0.4) is 0 Å². The minimum atomic E-state index is 0.171. The van der Waals surface area contributed by atoms with Gasteiger partial charge in [-0.05, 0) is 49.9 Å². The number of hydrogen-bond donors (Lipinski definition) is 0. The van der Waals surface area contributed by atoms with Gasteiger partial charge < -0.3 is 0 Å². The van der Waals surface area contributed by atoms with Gasteiger partial charge in [-0.15, -0.1) is 6.42 Å². The van der Waals surface area contributed by atoms with Gasteiger partial charge in [-0.1, -0.05) is 26.2 Å². The summed E-state index contributed by atoms with van der Waals surface area (Å²) in [6.07, 6.45) is 14.9. The Morgan fingerprint density at radius 1 is 1.29 bits per heavy atom. The Morgan fingerprint density at radius 2 is 2.07 bits per heavy atom. The van der Waals surface area contributed by atoms with Crippen LogP contribution >= 0.6 is 0 Å². The van der Waals surface area contributed by atoms with Gasteiger partial charge in [0.15, 0.2) is 0 Å². The summed E-state index contributed by atoms with van der Waals surface area (Å²) in [7, 11) is 0. The predicted octanol–water partition coefficient (Wildman–Crippen LogP) is 3.68. The van der Waals surface area contributed by atoms with Crippen LogP contribution in [0.15, 0.2) is 0 Å². The summed E-state index contributed by atoms with van der Waals surface area (Å²) in [5.41, 5.74) is 0.171. The van der Waals surface area contributed by atoms with Gasteiger partial charge in [0.2, 0.25) is 0 Å². The molecule has 4 atom stereocenters. The van der Waals surface area contributed by atoms with Crippen LogP contribution in [0.2, 0.25) is 0 Å². The summed E-state index contributed by atoms with van der Waals surface area (Å²) in [5.74, 6) is 5.52. The molecule has 2 rings (SSSR count). The standard InChI is InChI=1S/C14H21/c1-4-14-8-7-11(2)9-13(14)6-5-12(3)10-14/h1,10-13H,5-9H2,2-3H3. The molecule has 2 fully saturated rings. The highest BCUT2D eigenvalue weighted by Crippen LogP contribution is 2.52. The molecule has 0 aliphatic heterocycles. The molecule has 0 saturated heterocycles. The molecular formula is C14H21. The number of hydrogen-bond acceptors (Lipinski definition) is 0. The maximum absolute atomic E-state index is 5.78. The molecule has 2 aliphatic rings. The predicted molar refractivity (Wildman–Crippen MR) is 60.5 cm³/mol. The summed E-state index contributed by atoms with van der Waals surface area (Å²) < 4.78 is 0. The lowest BCUT2D eigenvalue weighted by atomic mass is 9.56. The van der Waals surface area contributed by atoms with Gasteiger partial charge in [-0.25, -0.2) is 0 Å². The lowest BCUT2D eigenvalue weighted by Crippen LogP contribution is -2.40. The highest BCUT2D eigenvalue weighted by molar-refractivity contribution is 5.20. The summed E-state index contributed by atoms with van der Waals surface area (Å²) >= 11 is 0. The second-order valence-electron chi connectivity index (χ2n) is 5.48. The van der Waals surface area contributed by atoms with Crippen molar-refractivity contribution < 1.29 is 0 Å². The molecule has 2 aliphatic carbocycles. The normalized spacial score (nSPS) is 47.9. The molecule has 0 N–H and O–H groups in total. The maximum Gasteiger partial charge on any atom is 0.0374 e. The largest absolute Gasteiger partial charge is 0.119 e. The average Bonchev–Trinajstić information content (AvgIpc) is 2.19. The number of fused-ring (bicyclic) bond motifs is 1. The second kappa shape index (κ2) is 3.61. The van der Waals surface area contributed by atoms with E-state index in [0.29, 0.717) is 0 Å². The molecule has 0 amide bonds. The van der Waals surface area contributed by atoms with E-state index < -0.39 is 0 Å². The van der Waals surface area contributed by atoms with Gasteiger partial charge in [0.25, 0.3) is 0 Å². The van der Waals surface area contributed by atoms with E-state index in [9.17, 15) is 0 Å². The van der Waals surface area contributed by atoms with Crippen molar-refractivity contribution in [2.75, 3.05) is 0 Å². The zero-order chi connectivity index (χ0) is 10.2. The lowest BCUT2D eigenvalue weighted by molar-refractivity contribution is 0.103. The van der Waals surface area contributed by atoms with Crippen LogP contribution in [0.25, 0.3) is 0 Å². The van der Waals surface area contributed by atoms with E-state index in [-0.39, 0.29) is 5.41 Å². The monoisotopic (exact) mass is 189 g/mol. The number of terminal acetylenes is 1. The van der Waals surface area contributed by atoms with Gasteiger partial charge >= 0.3 is 0 Å². The van der Waals surface area contributed by atoms with Crippen LogP contribution in [0.1, 0.15) is 46.0 Å². The Labute approximate surface area is 88.5 Å². The van der Waals surface area contributed by atoms with Gasteiger partial charge in [-0.2, -0.15) is 0 Å². The number of rotatable bonds is 0. The van der Waals surface area contributed by atoms with E-state index in [1.165, 1.54) is 32.1 Å². The first-order valence-electron chi connectivity index (χ1n) is 6.00. The zero-order valence-electron chi connectivity index (χ0n) is 9.42. The van der Waals surface area contributed by atoms with E-state index in [1.54, 1.807) is 0 Å². The van der Waals surface area contributed by atoms with E-state index in [2.05, 4.69) is 26.2 Å². The van der Waals surface area contributed by atoms with Gasteiger partial charge in [0, 0.05) is 5.41 Å². The van der Waals surface area contributed by atoms with Crippen molar-refractivity contribution in [1.29, 1.82) is 0 Å². The van der Waals surface area contributed by atoms with Crippen LogP contribution in [0.4, 0.5) is 0 Å². The summed E-state index contributed by atoms with van der Waals surface area (Å²) in [6, 6.07) is 0. The van der Waals surface area contributed by atoms with Crippen molar-refractivity contribution in [1.82, 2.24) is 0 Å². The third-order valence-electron chi connectivity index (χ3n) is 4.29. The minimum absolute atomic E-state index is 0.171. The fourth-order valence-corrected chi connectivity index (χ4v) is 3.39. The van der Waals surface area contributed by atoms with Crippen LogP contribution in [0.5, 0.6) is 0 Å². The zero-order valence-corrected chi connectivity index (χ0v) is 9.42. The molecule has 0 heteroatoms. The molecule has 0 nitrogen and oxygen atoms in total. The molecule has 77 valence electrons. The molecule has 0 heterocycles. The quantitative estimate of drug-likeness (QED) is 0.510. The Hall–Kier alpha value is -0.440. The molecule has 0 aromatic rings. The summed E-state index contributed by atoms with van der Waals surface area (Å²) in [4.78, 5) is 0. The van der Waals surface area contributed by atoms with Crippen LogP contribution in [-0.2, 0) is 0 Å². The van der Waals surface area contributed by atoms with Gasteiger partial charge in [0.1, 0.15) is 0 Å². The Balaban J connectivity index is 2.17. The van der Waals surface area contributed by atoms with E-state index >= 15 is 0 Å². The Morgan fingerprint density at radius 3 is 2.79 bits per heavy atom. The SMILES string of the molecule is C#CC12[CH]C(C)CCC1CC(C)CC2. The molecule has 0 aromatic heterocycles. The van der Waals surface area contributed by atoms with Gasteiger partial charge in [-0.3, -0.25) is 0 Å². The molecule has 14 heavy (non-hydrogen) atoms. The topological polar surface area (TPSA) is 0 Å². The van der Waals surface area contributed by atoms with Crippen molar-refractivity contribution in [3.8, 4) is 12.3 Å². The first kappa shape index (κ1) is 10.1. The van der Waals surface area contributed by atoms with Crippen molar-refractivity contribution in [2.24, 2.45) is 23.2 Å². The highest BCUT2D eigenvalue weighted by Gasteiger charge is 2.44. The van der Waals surface area contributed by atoms with Crippen LogP contribution in [-0.4, -0.2) is 0 Å². The first-order chi connectivity index (χ1) is 6.66. The smallest absolute Gasteiger partial charge is 0.0374 e. The molecule has 0 aromatic carbocycles. The fraction of sp³-hybridized carbons (Fsp3) is 0.786. The molecule has 2 saturated carbocycles. The summed E-state index contributed by atoms with van der Waals surface area (Å²) in [6.45, 7) is 4.69. The van der Waals surface area contributed by atoms with Gasteiger partial charge in [0.05, 0.1) is 0 Å². The first-order valence-corrected chi connectivity index (χ1v) is 6.00. The van der Waals surface area contributed by atoms with E-state index in [1.807, 2.05) is 0 Å². The summed E-state index contributed by atoms with van der Waals surface area (Å²) in [5, 5.41) is 0. The van der Waals surface area contributed by atoms with Crippen molar-refractivity contribution in [3.63, 3.8) is 0 Å². The van der Waals surface area contributed by atoms with E-state index in [0.717, 1.165) is 17.8 Å². The third kappa shape index (κ3) is 1.58. The average molecular weight is 189 g/mol. The fourth-order valence-electron chi connectivity index (χ4n) is 3.39. The van der Waals surface area contributed by atoms with Crippen LogP contribution in [0, 0.1) is 41.9 Å². The molecule has 0 bridgehead atoms.